The fraction of sp³-hybridized carbons (Fsp3) is 0.361. The van der Waals surface area contributed by atoms with Crippen LogP contribution in [0.15, 0.2) is 101 Å². The summed E-state index contributed by atoms with van der Waals surface area (Å²) in [6.45, 7) is 5.33. The average molecular weight is 661 g/mol. The lowest BCUT2D eigenvalue weighted by atomic mass is 9.80. The minimum absolute atomic E-state index is 0.0138. The third-order valence-corrected chi connectivity index (χ3v) is 8.72. The third kappa shape index (κ3) is 7.70. The van der Waals surface area contributed by atoms with Crippen LogP contribution < -0.4 is 15.2 Å². The Morgan fingerprint density at radius 2 is 1.49 bits per heavy atom. The maximum atomic E-state index is 13.0. The van der Waals surface area contributed by atoms with E-state index in [1.807, 2.05) is 78.9 Å². The second-order valence-corrected chi connectivity index (χ2v) is 13.1. The van der Waals surface area contributed by atoms with E-state index >= 15 is 0 Å². The van der Waals surface area contributed by atoms with E-state index in [-0.39, 0.29) is 24.9 Å². The third-order valence-electron chi connectivity index (χ3n) is 7.97. The Morgan fingerprint density at radius 1 is 0.915 bits per heavy atom. The van der Waals surface area contributed by atoms with Gasteiger partial charge in [0.05, 0.1) is 32.3 Å². The number of carbonyl (C=O) groups excluding carboxylic acids is 1. The summed E-state index contributed by atoms with van der Waals surface area (Å²) in [5.41, 5.74) is 0.324. The highest BCUT2D eigenvalue weighted by atomic mass is 32.2. The smallest absolute Gasteiger partial charge is 0.350 e. The van der Waals surface area contributed by atoms with Crippen LogP contribution in [0, 0.1) is 5.41 Å². The molecule has 0 unspecified atom stereocenters. The van der Waals surface area contributed by atoms with Crippen molar-refractivity contribution in [2.75, 3.05) is 26.8 Å². The normalized spacial score (nSPS) is 18.1. The lowest BCUT2D eigenvalue weighted by molar-refractivity contribution is -0.150. The van der Waals surface area contributed by atoms with E-state index in [1.165, 1.54) is 4.57 Å². The van der Waals surface area contributed by atoms with Crippen LogP contribution >= 0.6 is 11.8 Å². The summed E-state index contributed by atoms with van der Waals surface area (Å²) in [5.74, 6) is 1.11. The molecule has 248 valence electrons. The van der Waals surface area contributed by atoms with Crippen LogP contribution in [0.5, 0.6) is 11.5 Å². The molecule has 47 heavy (non-hydrogen) atoms. The number of nitrogens with zero attached hydrogens (tertiary/aromatic N) is 2. The van der Waals surface area contributed by atoms with E-state index in [0.29, 0.717) is 16.5 Å². The number of aromatic nitrogens is 2. The molecule has 0 amide bonds. The van der Waals surface area contributed by atoms with Crippen molar-refractivity contribution in [3.63, 3.8) is 0 Å². The van der Waals surface area contributed by atoms with Gasteiger partial charge < -0.3 is 28.8 Å². The number of carbonyl (C=O) groups is 1. The van der Waals surface area contributed by atoms with Crippen LogP contribution in [0.4, 0.5) is 0 Å². The fourth-order valence-electron chi connectivity index (χ4n) is 5.37. The molecule has 1 saturated heterocycles. The number of methoxy groups -OCH3 is 2. The molecule has 1 fully saturated rings. The van der Waals surface area contributed by atoms with Gasteiger partial charge in [-0.25, -0.2) is 4.79 Å². The van der Waals surface area contributed by atoms with Crippen LogP contribution in [0.1, 0.15) is 50.1 Å². The zero-order valence-electron chi connectivity index (χ0n) is 27.1. The van der Waals surface area contributed by atoms with Crippen LogP contribution in [0.2, 0.25) is 0 Å². The minimum Gasteiger partial charge on any atom is -0.497 e. The van der Waals surface area contributed by atoms with Crippen LogP contribution in [0.3, 0.4) is 0 Å². The summed E-state index contributed by atoms with van der Waals surface area (Å²) >= 11 is 1.15. The monoisotopic (exact) mass is 660 g/mol. The minimum atomic E-state index is -1.09. The first-order valence-corrected chi connectivity index (χ1v) is 16.2. The van der Waals surface area contributed by atoms with Crippen molar-refractivity contribution in [3.8, 4) is 11.5 Å². The number of hydrogen-bond acceptors (Lipinski definition) is 10. The molecule has 1 aliphatic heterocycles. The maximum Gasteiger partial charge on any atom is 0.350 e. The Hall–Kier alpha value is -4.16. The second kappa shape index (κ2) is 14.7. The molecular formula is C36H40N2O8S. The first-order valence-electron chi connectivity index (χ1n) is 15.3. The van der Waals surface area contributed by atoms with Gasteiger partial charge in [0.15, 0.2) is 0 Å². The predicted molar refractivity (Wildman–Crippen MR) is 178 cm³/mol. The van der Waals surface area contributed by atoms with E-state index in [0.717, 1.165) is 28.5 Å². The number of hydrogen-bond donors (Lipinski definition) is 1. The topological polar surface area (TPSA) is 118 Å². The molecule has 11 heteroatoms. The number of ether oxygens (including phenoxy) is 5. The van der Waals surface area contributed by atoms with Crippen molar-refractivity contribution < 1.29 is 33.6 Å². The number of thioether (sulfide) groups is 1. The molecular weight excluding hydrogens is 620 g/mol. The molecule has 2 heterocycles. The van der Waals surface area contributed by atoms with E-state index in [2.05, 4.69) is 4.98 Å². The summed E-state index contributed by atoms with van der Waals surface area (Å²) in [5, 5.41) is 11.5. The van der Waals surface area contributed by atoms with Gasteiger partial charge in [-0.2, -0.15) is 4.98 Å². The standard InChI is InChI=1S/C36H40N2O8S/c1-35(2,3)33(40)44-23-47-31-19-20-38(34(41)37-31)32-21-29(39)30(46-32)22-45-36(24-9-7-6-8-10-24,25-11-15-27(42-4)16-12-25)26-13-17-28(43-5)18-14-26/h6-20,29-30,32,39H,21-23H2,1-5H3/t29-,30+,32+/m0/s1. The van der Waals surface area contributed by atoms with E-state index < -0.39 is 35.1 Å². The van der Waals surface area contributed by atoms with Crippen molar-refractivity contribution in [3.05, 3.63) is 118 Å². The summed E-state index contributed by atoms with van der Waals surface area (Å²) in [7, 11) is 3.24. The van der Waals surface area contributed by atoms with Crippen molar-refractivity contribution in [2.24, 2.45) is 5.41 Å². The predicted octanol–water partition coefficient (Wildman–Crippen LogP) is 5.56. The Balaban J connectivity index is 1.38. The van der Waals surface area contributed by atoms with Crippen LogP contribution in [-0.2, 0) is 24.6 Å². The van der Waals surface area contributed by atoms with Gasteiger partial charge in [0.25, 0.3) is 0 Å². The summed E-state index contributed by atoms with van der Waals surface area (Å²) < 4.78 is 30.6. The Bertz CT molecular complexity index is 1640. The van der Waals surface area contributed by atoms with Gasteiger partial charge in [-0.05, 0) is 67.8 Å². The van der Waals surface area contributed by atoms with E-state index in [4.69, 9.17) is 23.7 Å². The van der Waals surface area contributed by atoms with E-state index in [1.54, 1.807) is 47.3 Å². The molecule has 5 rings (SSSR count). The van der Waals surface area contributed by atoms with Crippen molar-refractivity contribution in [1.82, 2.24) is 9.55 Å². The van der Waals surface area contributed by atoms with Crippen LogP contribution in [-0.4, -0.2) is 59.6 Å². The second-order valence-electron chi connectivity index (χ2n) is 12.1. The highest BCUT2D eigenvalue weighted by Crippen LogP contribution is 2.42. The van der Waals surface area contributed by atoms with Gasteiger partial charge in [-0.1, -0.05) is 66.4 Å². The summed E-state index contributed by atoms with van der Waals surface area (Å²) in [6.07, 6.45) is -0.638. The first kappa shape index (κ1) is 34.2. The first-order chi connectivity index (χ1) is 22.5. The zero-order chi connectivity index (χ0) is 33.6. The SMILES string of the molecule is COc1ccc(C(OC[C@H]2O[C@@H](n3ccc(SCOC(=O)C(C)(C)C)nc3=O)C[C@@H]2O)(c2ccccc2)c2ccc(OC)cc2)cc1. The molecule has 1 aliphatic rings. The van der Waals surface area contributed by atoms with E-state index in [9.17, 15) is 14.7 Å². The summed E-state index contributed by atoms with van der Waals surface area (Å²) in [4.78, 5) is 29.2. The van der Waals surface area contributed by atoms with Crippen molar-refractivity contribution in [1.29, 1.82) is 0 Å². The lowest BCUT2D eigenvalue weighted by Crippen LogP contribution is -2.38. The molecule has 0 saturated carbocycles. The zero-order valence-corrected chi connectivity index (χ0v) is 27.9. The van der Waals surface area contributed by atoms with Gasteiger partial charge in [0.2, 0.25) is 0 Å². The highest BCUT2D eigenvalue weighted by molar-refractivity contribution is 7.99. The molecule has 0 aliphatic carbocycles. The van der Waals surface area contributed by atoms with Crippen molar-refractivity contribution >= 4 is 17.7 Å². The molecule has 10 nitrogen and oxygen atoms in total. The molecule has 1 N–H and O–H groups in total. The fourth-order valence-corrected chi connectivity index (χ4v) is 5.96. The Labute approximate surface area is 278 Å². The number of esters is 1. The van der Waals surface area contributed by atoms with Crippen molar-refractivity contribution in [2.45, 2.75) is 56.3 Å². The number of benzene rings is 3. The Morgan fingerprint density at radius 3 is 2.02 bits per heavy atom. The number of aliphatic hydroxyl groups excluding tert-OH is 1. The molecule has 3 atom stereocenters. The quantitative estimate of drug-likeness (QED) is 0.0681. The summed E-state index contributed by atoms with van der Waals surface area (Å²) in [6, 6.07) is 26.9. The molecule has 0 bridgehead atoms. The number of rotatable bonds is 12. The molecule has 0 radical (unpaired) electrons. The van der Waals surface area contributed by atoms with Gasteiger partial charge in [0.1, 0.15) is 40.4 Å². The van der Waals surface area contributed by atoms with Crippen LogP contribution in [0.25, 0.3) is 0 Å². The average Bonchev–Trinajstić information content (AvgIpc) is 3.45. The largest absolute Gasteiger partial charge is 0.497 e. The van der Waals surface area contributed by atoms with Gasteiger partial charge in [-0.15, -0.1) is 0 Å². The lowest BCUT2D eigenvalue weighted by Gasteiger charge is -2.37. The molecule has 4 aromatic rings. The molecule has 1 aromatic heterocycles. The Kier molecular flexibility index (Phi) is 10.7. The highest BCUT2D eigenvalue weighted by Gasteiger charge is 2.42. The van der Waals surface area contributed by atoms with Gasteiger partial charge in [-0.3, -0.25) is 9.36 Å². The molecule has 0 spiro atoms. The maximum absolute atomic E-state index is 13.0. The molecule has 3 aromatic carbocycles. The van der Waals surface area contributed by atoms with Gasteiger partial charge in [0, 0.05) is 12.6 Å². The van der Waals surface area contributed by atoms with Gasteiger partial charge >= 0.3 is 11.7 Å². The number of aliphatic hydroxyl groups is 1.